The highest BCUT2D eigenvalue weighted by Crippen LogP contribution is 2.43. The first kappa shape index (κ1) is 21.2. The van der Waals surface area contributed by atoms with Crippen LogP contribution in [0.25, 0.3) is 5.76 Å². The first-order chi connectivity index (χ1) is 14.5. The van der Waals surface area contributed by atoms with Gasteiger partial charge < -0.3 is 24.2 Å². The zero-order valence-corrected chi connectivity index (χ0v) is 17.5. The summed E-state index contributed by atoms with van der Waals surface area (Å²) in [6.45, 7) is 2.29. The van der Waals surface area contributed by atoms with E-state index in [1.165, 1.54) is 26.2 Å². The molecule has 7 heteroatoms. The highest BCUT2D eigenvalue weighted by atomic mass is 16.5. The molecule has 1 fully saturated rings. The second-order valence-electron chi connectivity index (χ2n) is 6.80. The minimum absolute atomic E-state index is 0.0187. The Kier molecular flexibility index (Phi) is 6.30. The molecule has 0 radical (unpaired) electrons. The Labute approximate surface area is 175 Å². The molecule has 2 aromatic rings. The van der Waals surface area contributed by atoms with Crippen molar-refractivity contribution in [1.82, 2.24) is 4.90 Å². The van der Waals surface area contributed by atoms with Crippen LogP contribution in [0.3, 0.4) is 0 Å². The van der Waals surface area contributed by atoms with E-state index in [1.807, 2.05) is 13.0 Å². The van der Waals surface area contributed by atoms with Crippen LogP contribution in [0.5, 0.6) is 17.2 Å². The molecule has 1 unspecified atom stereocenters. The molecule has 1 aliphatic heterocycles. The van der Waals surface area contributed by atoms with Gasteiger partial charge in [-0.3, -0.25) is 9.59 Å². The van der Waals surface area contributed by atoms with Crippen LogP contribution < -0.4 is 14.2 Å². The average molecular weight is 411 g/mol. The van der Waals surface area contributed by atoms with Crippen molar-refractivity contribution in [3.8, 4) is 17.2 Å². The number of carbonyl (C=O) groups is 2. The van der Waals surface area contributed by atoms with Crippen molar-refractivity contribution in [2.45, 2.75) is 19.4 Å². The number of hydrogen-bond donors (Lipinski definition) is 1. The third kappa shape index (κ3) is 3.58. The molecule has 1 aliphatic rings. The van der Waals surface area contributed by atoms with Gasteiger partial charge in [0.2, 0.25) is 0 Å². The number of carbonyl (C=O) groups excluding carboxylic acids is 2. The van der Waals surface area contributed by atoms with Crippen molar-refractivity contribution in [3.05, 3.63) is 59.2 Å². The molecule has 2 aromatic carbocycles. The minimum atomic E-state index is -0.755. The Morgan fingerprint density at radius 1 is 0.967 bits per heavy atom. The number of hydrogen-bond acceptors (Lipinski definition) is 6. The van der Waals surface area contributed by atoms with Gasteiger partial charge in [0.05, 0.1) is 32.9 Å². The number of rotatable bonds is 7. The van der Waals surface area contributed by atoms with Crippen molar-refractivity contribution in [2.75, 3.05) is 27.9 Å². The number of nitrogens with zero attached hydrogens (tertiary/aromatic N) is 1. The lowest BCUT2D eigenvalue weighted by atomic mass is 9.94. The number of likely N-dealkylation sites (tertiary alicyclic amines) is 1. The first-order valence-corrected chi connectivity index (χ1v) is 9.62. The Bertz CT molecular complexity index is 997. The number of benzene rings is 2. The van der Waals surface area contributed by atoms with E-state index < -0.39 is 17.7 Å². The SMILES string of the molecule is CCCN1C(=O)C(=O)/C(=C(/O)c2ccc(OC)c(OC)c2)C1c1ccccc1OC. The van der Waals surface area contributed by atoms with Crippen LogP contribution in [0.1, 0.15) is 30.5 Å². The van der Waals surface area contributed by atoms with E-state index in [0.29, 0.717) is 41.3 Å². The number of aliphatic hydroxyl groups is 1. The molecule has 1 saturated heterocycles. The van der Waals surface area contributed by atoms with Crippen LogP contribution in [-0.2, 0) is 9.59 Å². The van der Waals surface area contributed by atoms with Crippen LogP contribution in [0, 0.1) is 0 Å². The van der Waals surface area contributed by atoms with Gasteiger partial charge in [-0.25, -0.2) is 0 Å². The monoisotopic (exact) mass is 411 g/mol. The van der Waals surface area contributed by atoms with E-state index in [2.05, 4.69) is 0 Å². The zero-order chi connectivity index (χ0) is 21.8. The lowest BCUT2D eigenvalue weighted by molar-refractivity contribution is -0.139. The highest BCUT2D eigenvalue weighted by Gasteiger charge is 2.46. The van der Waals surface area contributed by atoms with Gasteiger partial charge in [0, 0.05) is 17.7 Å². The van der Waals surface area contributed by atoms with Gasteiger partial charge in [-0.2, -0.15) is 0 Å². The normalized spacial score (nSPS) is 17.9. The van der Waals surface area contributed by atoms with E-state index in [9.17, 15) is 14.7 Å². The fourth-order valence-electron chi connectivity index (χ4n) is 3.71. The largest absolute Gasteiger partial charge is 0.507 e. The van der Waals surface area contributed by atoms with Crippen molar-refractivity contribution >= 4 is 17.4 Å². The second-order valence-corrected chi connectivity index (χ2v) is 6.80. The molecule has 0 aromatic heterocycles. The summed E-state index contributed by atoms with van der Waals surface area (Å²) in [7, 11) is 4.52. The maximum Gasteiger partial charge on any atom is 0.295 e. The molecular weight excluding hydrogens is 386 g/mol. The molecule has 0 bridgehead atoms. The van der Waals surface area contributed by atoms with Gasteiger partial charge in [0.15, 0.2) is 11.5 Å². The standard InChI is InChI=1S/C23H25NO6/c1-5-12-24-20(15-8-6-7-9-16(15)28-2)19(22(26)23(24)27)21(25)14-10-11-17(29-3)18(13-14)30-4/h6-11,13,20,25H,5,12H2,1-4H3/b21-19+. The van der Waals surface area contributed by atoms with Crippen LogP contribution >= 0.6 is 0 Å². The predicted molar refractivity (Wildman–Crippen MR) is 112 cm³/mol. The number of aliphatic hydroxyl groups excluding tert-OH is 1. The fraction of sp³-hybridized carbons (Fsp3) is 0.304. The number of para-hydroxylation sites is 1. The number of amides is 1. The zero-order valence-electron chi connectivity index (χ0n) is 17.5. The third-order valence-electron chi connectivity index (χ3n) is 5.09. The molecule has 1 heterocycles. The summed E-state index contributed by atoms with van der Waals surface area (Å²) in [6, 6.07) is 11.2. The third-order valence-corrected chi connectivity index (χ3v) is 5.09. The molecule has 0 saturated carbocycles. The summed E-state index contributed by atoms with van der Waals surface area (Å²) in [5.74, 6) is -0.228. The molecule has 1 N–H and O–H groups in total. The lowest BCUT2D eigenvalue weighted by Gasteiger charge is -2.26. The molecular formula is C23H25NO6. The number of ether oxygens (including phenoxy) is 3. The number of ketones is 1. The van der Waals surface area contributed by atoms with Gasteiger partial charge in [0.25, 0.3) is 11.7 Å². The summed E-state index contributed by atoms with van der Waals surface area (Å²) in [5.41, 5.74) is 1.00. The lowest BCUT2D eigenvalue weighted by Crippen LogP contribution is -2.30. The van der Waals surface area contributed by atoms with Crippen LogP contribution in [0.15, 0.2) is 48.0 Å². The van der Waals surface area contributed by atoms with Gasteiger partial charge in [0.1, 0.15) is 11.5 Å². The van der Waals surface area contributed by atoms with Crippen LogP contribution in [0.4, 0.5) is 0 Å². The van der Waals surface area contributed by atoms with Gasteiger partial charge in [-0.1, -0.05) is 25.1 Å². The number of Topliss-reactive ketones (excluding diaryl/α,β-unsaturated/α-hetero) is 1. The molecule has 3 rings (SSSR count). The summed E-state index contributed by atoms with van der Waals surface area (Å²) >= 11 is 0. The Balaban J connectivity index is 2.23. The molecule has 7 nitrogen and oxygen atoms in total. The highest BCUT2D eigenvalue weighted by molar-refractivity contribution is 6.46. The van der Waals surface area contributed by atoms with Crippen LogP contribution in [-0.4, -0.2) is 49.6 Å². The average Bonchev–Trinajstić information content (AvgIpc) is 3.03. The summed E-state index contributed by atoms with van der Waals surface area (Å²) in [5, 5.41) is 11.1. The van der Waals surface area contributed by atoms with E-state index in [4.69, 9.17) is 14.2 Å². The predicted octanol–water partition coefficient (Wildman–Crippen LogP) is 3.54. The van der Waals surface area contributed by atoms with Crippen molar-refractivity contribution in [3.63, 3.8) is 0 Å². The summed E-state index contributed by atoms with van der Waals surface area (Å²) < 4.78 is 16.0. The fourth-order valence-corrected chi connectivity index (χ4v) is 3.71. The van der Waals surface area contributed by atoms with Crippen molar-refractivity contribution in [2.24, 2.45) is 0 Å². The Morgan fingerprint density at radius 3 is 2.27 bits per heavy atom. The van der Waals surface area contributed by atoms with Crippen molar-refractivity contribution < 1.29 is 28.9 Å². The summed E-state index contributed by atoms with van der Waals surface area (Å²) in [6.07, 6.45) is 0.662. The van der Waals surface area contributed by atoms with Gasteiger partial charge >= 0.3 is 0 Å². The van der Waals surface area contributed by atoms with E-state index in [-0.39, 0.29) is 11.3 Å². The van der Waals surface area contributed by atoms with E-state index >= 15 is 0 Å². The molecule has 1 atom stereocenters. The topological polar surface area (TPSA) is 85.3 Å². The molecule has 0 aliphatic carbocycles. The maximum absolute atomic E-state index is 13.0. The summed E-state index contributed by atoms with van der Waals surface area (Å²) in [4.78, 5) is 27.2. The molecule has 0 spiro atoms. The Hall–Kier alpha value is -3.48. The van der Waals surface area contributed by atoms with Crippen molar-refractivity contribution in [1.29, 1.82) is 0 Å². The van der Waals surface area contributed by atoms with E-state index in [0.717, 1.165) is 0 Å². The van der Waals surface area contributed by atoms with Gasteiger partial charge in [-0.15, -0.1) is 0 Å². The van der Waals surface area contributed by atoms with Crippen LogP contribution in [0.2, 0.25) is 0 Å². The Morgan fingerprint density at radius 2 is 1.63 bits per heavy atom. The van der Waals surface area contributed by atoms with E-state index in [1.54, 1.807) is 36.4 Å². The smallest absolute Gasteiger partial charge is 0.295 e. The first-order valence-electron chi connectivity index (χ1n) is 9.62. The quantitative estimate of drug-likeness (QED) is 0.426. The molecule has 158 valence electrons. The second kappa shape index (κ2) is 8.90. The molecule has 1 amide bonds. The minimum Gasteiger partial charge on any atom is -0.507 e. The van der Waals surface area contributed by atoms with Gasteiger partial charge in [-0.05, 0) is 30.7 Å². The maximum atomic E-state index is 13.0. The number of methoxy groups -OCH3 is 3. The molecule has 30 heavy (non-hydrogen) atoms.